The maximum atomic E-state index is 11.9. The number of fused-ring (bicyclic) bond motifs is 1. The fraction of sp³-hybridized carbons (Fsp3) is 0.462. The molecule has 5 heteroatoms. The third-order valence-electron chi connectivity index (χ3n) is 3.58. The van der Waals surface area contributed by atoms with Crippen molar-refractivity contribution in [2.75, 3.05) is 19.6 Å². The molecule has 0 aliphatic carbocycles. The maximum absolute atomic E-state index is 11.9. The van der Waals surface area contributed by atoms with E-state index in [9.17, 15) is 4.79 Å². The number of nitrogens with one attached hydrogen (secondary N) is 1. The van der Waals surface area contributed by atoms with Crippen LogP contribution in [-0.4, -0.2) is 34.1 Å². The molecular formula is C13H16ClN3O. The normalized spacial score (nSPS) is 16.7. The number of hydrogen-bond acceptors (Lipinski definition) is 2. The minimum absolute atomic E-state index is 0.0719. The summed E-state index contributed by atoms with van der Waals surface area (Å²) in [7, 11) is 0. The number of hydrogen-bond donors (Lipinski definition) is 1. The van der Waals surface area contributed by atoms with Crippen LogP contribution in [0.4, 0.5) is 0 Å². The predicted octanol–water partition coefficient (Wildman–Crippen LogP) is 2.08. The summed E-state index contributed by atoms with van der Waals surface area (Å²) in [5, 5.41) is 0.632. The van der Waals surface area contributed by atoms with Crippen LogP contribution in [-0.2, 0) is 6.54 Å². The number of aromatic nitrogens is 2. The van der Waals surface area contributed by atoms with Crippen LogP contribution in [0, 0.1) is 0 Å². The number of aromatic amines is 1. The van der Waals surface area contributed by atoms with Gasteiger partial charge < -0.3 is 9.88 Å². The van der Waals surface area contributed by atoms with Crippen molar-refractivity contribution in [3.63, 3.8) is 0 Å². The lowest BCUT2D eigenvalue weighted by atomic mass is 10.3. The molecule has 2 aromatic rings. The SMILES string of the molecule is O=c1[nH]c2cccc(Cl)c2n1CCN1CCCC1. The lowest BCUT2D eigenvalue weighted by Gasteiger charge is -2.14. The van der Waals surface area contributed by atoms with Gasteiger partial charge >= 0.3 is 5.69 Å². The molecule has 1 aromatic heterocycles. The molecule has 4 nitrogen and oxygen atoms in total. The van der Waals surface area contributed by atoms with Crippen molar-refractivity contribution in [3.05, 3.63) is 33.7 Å². The molecule has 0 unspecified atom stereocenters. The van der Waals surface area contributed by atoms with Crippen molar-refractivity contribution in [2.45, 2.75) is 19.4 Å². The Morgan fingerprint density at radius 2 is 2.00 bits per heavy atom. The Morgan fingerprint density at radius 3 is 2.78 bits per heavy atom. The second-order valence-corrected chi connectivity index (χ2v) is 5.17. The fourth-order valence-electron chi connectivity index (χ4n) is 2.64. The van der Waals surface area contributed by atoms with E-state index in [1.54, 1.807) is 4.57 Å². The van der Waals surface area contributed by atoms with Crippen LogP contribution in [0.5, 0.6) is 0 Å². The topological polar surface area (TPSA) is 41.0 Å². The minimum Gasteiger partial charge on any atom is -0.305 e. The molecule has 0 bridgehead atoms. The van der Waals surface area contributed by atoms with Gasteiger partial charge in [-0.1, -0.05) is 17.7 Å². The zero-order chi connectivity index (χ0) is 12.5. The van der Waals surface area contributed by atoms with Gasteiger partial charge in [0.1, 0.15) is 0 Å². The number of imidazole rings is 1. The van der Waals surface area contributed by atoms with Gasteiger partial charge in [0.05, 0.1) is 16.1 Å². The van der Waals surface area contributed by atoms with E-state index in [0.29, 0.717) is 11.6 Å². The van der Waals surface area contributed by atoms with E-state index in [1.807, 2.05) is 18.2 Å². The van der Waals surface area contributed by atoms with Crippen molar-refractivity contribution >= 4 is 22.6 Å². The summed E-state index contributed by atoms with van der Waals surface area (Å²) < 4.78 is 1.75. The highest BCUT2D eigenvalue weighted by Gasteiger charge is 2.14. The van der Waals surface area contributed by atoms with Gasteiger partial charge in [-0.3, -0.25) is 4.57 Å². The molecule has 0 atom stereocenters. The van der Waals surface area contributed by atoms with Gasteiger partial charge in [0, 0.05) is 13.1 Å². The smallest absolute Gasteiger partial charge is 0.305 e. The Labute approximate surface area is 110 Å². The van der Waals surface area contributed by atoms with Gasteiger partial charge in [-0.15, -0.1) is 0 Å². The quantitative estimate of drug-likeness (QED) is 0.923. The predicted molar refractivity (Wildman–Crippen MR) is 73.2 cm³/mol. The summed E-state index contributed by atoms with van der Waals surface area (Å²) >= 11 is 6.18. The highest BCUT2D eigenvalue weighted by atomic mass is 35.5. The van der Waals surface area contributed by atoms with E-state index in [1.165, 1.54) is 12.8 Å². The molecule has 0 spiro atoms. The average Bonchev–Trinajstić information content (AvgIpc) is 2.94. The molecule has 0 amide bonds. The number of rotatable bonds is 3. The van der Waals surface area contributed by atoms with Crippen LogP contribution in [0.1, 0.15) is 12.8 Å². The van der Waals surface area contributed by atoms with E-state index in [0.717, 1.165) is 30.7 Å². The van der Waals surface area contributed by atoms with E-state index in [2.05, 4.69) is 9.88 Å². The van der Waals surface area contributed by atoms with Crippen LogP contribution >= 0.6 is 11.6 Å². The molecule has 1 aliphatic heterocycles. The standard InChI is InChI=1S/C13H16ClN3O/c14-10-4-3-5-11-12(10)17(13(18)15-11)9-8-16-6-1-2-7-16/h3-5H,1-2,6-9H2,(H,15,18). The molecule has 1 N–H and O–H groups in total. The number of likely N-dealkylation sites (tertiary alicyclic amines) is 1. The van der Waals surface area contributed by atoms with Gasteiger partial charge in [-0.2, -0.15) is 0 Å². The molecule has 3 rings (SSSR count). The van der Waals surface area contributed by atoms with Crippen molar-refractivity contribution in [1.29, 1.82) is 0 Å². The maximum Gasteiger partial charge on any atom is 0.326 e. The van der Waals surface area contributed by atoms with Crippen molar-refractivity contribution in [3.8, 4) is 0 Å². The number of benzene rings is 1. The Morgan fingerprint density at radius 1 is 1.22 bits per heavy atom. The summed E-state index contributed by atoms with van der Waals surface area (Å²) in [6.45, 7) is 3.90. The number of H-pyrrole nitrogens is 1. The van der Waals surface area contributed by atoms with Gasteiger partial charge in [0.15, 0.2) is 0 Å². The number of para-hydroxylation sites is 1. The third kappa shape index (κ3) is 2.06. The van der Waals surface area contributed by atoms with Crippen LogP contribution < -0.4 is 5.69 Å². The molecule has 18 heavy (non-hydrogen) atoms. The molecule has 2 heterocycles. The van der Waals surface area contributed by atoms with Crippen molar-refractivity contribution in [2.24, 2.45) is 0 Å². The first-order valence-electron chi connectivity index (χ1n) is 6.35. The molecule has 0 radical (unpaired) electrons. The van der Waals surface area contributed by atoms with Gasteiger partial charge in [0.25, 0.3) is 0 Å². The molecule has 1 saturated heterocycles. The highest BCUT2D eigenvalue weighted by Crippen LogP contribution is 2.20. The molecule has 1 aliphatic rings. The van der Waals surface area contributed by atoms with E-state index >= 15 is 0 Å². The summed E-state index contributed by atoms with van der Waals surface area (Å²) in [4.78, 5) is 17.2. The van der Waals surface area contributed by atoms with Gasteiger partial charge in [0.2, 0.25) is 0 Å². The average molecular weight is 266 g/mol. The Bertz CT molecular complexity index is 610. The first-order valence-corrected chi connectivity index (χ1v) is 6.73. The summed E-state index contributed by atoms with van der Waals surface area (Å²) in [6, 6.07) is 5.56. The Kier molecular flexibility index (Phi) is 3.14. The van der Waals surface area contributed by atoms with E-state index in [-0.39, 0.29) is 5.69 Å². The zero-order valence-corrected chi connectivity index (χ0v) is 10.9. The number of nitrogens with zero attached hydrogens (tertiary/aromatic N) is 2. The van der Waals surface area contributed by atoms with Gasteiger partial charge in [-0.25, -0.2) is 4.79 Å². The van der Waals surface area contributed by atoms with Crippen LogP contribution in [0.15, 0.2) is 23.0 Å². The first kappa shape index (κ1) is 11.8. The van der Waals surface area contributed by atoms with Crippen molar-refractivity contribution in [1.82, 2.24) is 14.5 Å². The summed E-state index contributed by atoms with van der Waals surface area (Å²) in [6.07, 6.45) is 2.53. The number of halogens is 1. The monoisotopic (exact) mass is 265 g/mol. The minimum atomic E-state index is -0.0719. The van der Waals surface area contributed by atoms with Crippen LogP contribution in [0.25, 0.3) is 11.0 Å². The highest BCUT2D eigenvalue weighted by molar-refractivity contribution is 6.34. The van der Waals surface area contributed by atoms with Crippen molar-refractivity contribution < 1.29 is 0 Å². The fourth-order valence-corrected chi connectivity index (χ4v) is 2.91. The second-order valence-electron chi connectivity index (χ2n) is 4.77. The van der Waals surface area contributed by atoms with E-state index < -0.39 is 0 Å². The lowest BCUT2D eigenvalue weighted by Crippen LogP contribution is -2.28. The lowest BCUT2D eigenvalue weighted by molar-refractivity contribution is 0.322. The molecule has 96 valence electrons. The summed E-state index contributed by atoms with van der Waals surface area (Å²) in [5.41, 5.74) is 1.56. The first-order chi connectivity index (χ1) is 8.75. The van der Waals surface area contributed by atoms with Gasteiger partial charge in [-0.05, 0) is 38.1 Å². The molecule has 1 aromatic carbocycles. The Balaban J connectivity index is 1.90. The molecular weight excluding hydrogens is 250 g/mol. The molecule has 1 fully saturated rings. The van der Waals surface area contributed by atoms with Crippen LogP contribution in [0.3, 0.4) is 0 Å². The largest absolute Gasteiger partial charge is 0.326 e. The Hall–Kier alpha value is -1.26. The summed E-state index contributed by atoms with van der Waals surface area (Å²) in [5.74, 6) is 0. The third-order valence-corrected chi connectivity index (χ3v) is 3.89. The van der Waals surface area contributed by atoms with Crippen LogP contribution in [0.2, 0.25) is 5.02 Å². The second kappa shape index (κ2) is 4.78. The molecule has 0 saturated carbocycles. The van der Waals surface area contributed by atoms with E-state index in [4.69, 9.17) is 11.6 Å². The zero-order valence-electron chi connectivity index (χ0n) is 10.2.